The standard InChI is InChI=1S/C35H30Cl2N2O8/c1-4-7-21-14-31(41)39(33(21)43)11-6-5-10-38-32(42)20-8-9-23-22(13-20)34(44)47-35(23)24-15-26(36)18(2)12-28(24)46-29-17-30(45-19(3)40)27(37)16-25(29)35/h8-9,12-17H,4-7,10-11H2,1-3H3,(H,38,42). The fraction of sp³-hybridized carbons (Fsp3) is 0.286. The number of nitrogens with one attached hydrogen (secondary N) is 1. The topological polar surface area (TPSA) is 128 Å². The number of carbonyl (C=O) groups is 5. The maximum absolute atomic E-state index is 13.5. The molecule has 1 atom stereocenters. The molecule has 1 N–H and O–H groups in total. The van der Waals surface area contributed by atoms with Crippen LogP contribution < -0.4 is 14.8 Å². The first-order valence-electron chi connectivity index (χ1n) is 15.2. The molecule has 0 saturated carbocycles. The van der Waals surface area contributed by atoms with Crippen LogP contribution in [0.5, 0.6) is 17.2 Å². The Hall–Kier alpha value is -4.67. The van der Waals surface area contributed by atoms with Crippen molar-refractivity contribution in [2.75, 3.05) is 13.1 Å². The maximum atomic E-state index is 13.5. The minimum atomic E-state index is -1.52. The summed E-state index contributed by atoms with van der Waals surface area (Å²) in [5.74, 6) is -1.46. The number of benzene rings is 3. The van der Waals surface area contributed by atoms with E-state index >= 15 is 0 Å². The second kappa shape index (κ2) is 12.5. The number of carbonyl (C=O) groups excluding carboxylic acids is 5. The summed E-state index contributed by atoms with van der Waals surface area (Å²) in [7, 11) is 0. The van der Waals surface area contributed by atoms with Crippen molar-refractivity contribution in [1.29, 1.82) is 0 Å². The van der Waals surface area contributed by atoms with Gasteiger partial charge in [0.05, 0.1) is 10.6 Å². The number of rotatable bonds is 9. The van der Waals surface area contributed by atoms with Crippen molar-refractivity contribution in [2.45, 2.75) is 52.1 Å². The molecule has 0 aliphatic carbocycles. The van der Waals surface area contributed by atoms with Crippen molar-refractivity contribution in [1.82, 2.24) is 10.2 Å². The Labute approximate surface area is 280 Å². The Morgan fingerprint density at radius 1 is 0.957 bits per heavy atom. The first-order chi connectivity index (χ1) is 22.4. The van der Waals surface area contributed by atoms with E-state index in [-0.39, 0.29) is 46.0 Å². The molecule has 0 aromatic heterocycles. The molecule has 3 aliphatic heterocycles. The van der Waals surface area contributed by atoms with Gasteiger partial charge in [-0.15, -0.1) is 0 Å². The van der Waals surface area contributed by atoms with Gasteiger partial charge in [0.1, 0.15) is 11.5 Å². The third kappa shape index (κ3) is 5.65. The van der Waals surface area contributed by atoms with Crippen LogP contribution in [0.3, 0.4) is 0 Å². The molecule has 0 fully saturated rings. The number of esters is 2. The minimum Gasteiger partial charge on any atom is -0.456 e. The zero-order valence-electron chi connectivity index (χ0n) is 25.8. The van der Waals surface area contributed by atoms with Gasteiger partial charge in [-0.05, 0) is 62.1 Å². The van der Waals surface area contributed by atoms with Gasteiger partial charge in [-0.2, -0.15) is 0 Å². The first kappa shape index (κ1) is 32.3. The SMILES string of the molecule is CCCC1=CC(=O)N(CCCCNC(=O)c2ccc3c(c2)C(=O)OC32c3cc(Cl)c(C)cc3Oc3cc(OC(C)=O)c(Cl)cc32)C1=O. The van der Waals surface area contributed by atoms with Gasteiger partial charge in [0, 0.05) is 65.0 Å². The average molecular weight is 678 g/mol. The van der Waals surface area contributed by atoms with Gasteiger partial charge in [-0.25, -0.2) is 4.79 Å². The van der Waals surface area contributed by atoms with Crippen molar-refractivity contribution in [3.8, 4) is 17.2 Å². The molecule has 3 aromatic rings. The van der Waals surface area contributed by atoms with Crippen LogP contribution in [-0.2, 0) is 24.7 Å². The number of fused-ring (bicyclic) bond motifs is 6. The van der Waals surface area contributed by atoms with Crippen LogP contribution in [-0.4, -0.2) is 47.6 Å². The van der Waals surface area contributed by atoms with E-state index in [0.717, 1.165) is 12.0 Å². The zero-order chi connectivity index (χ0) is 33.6. The van der Waals surface area contributed by atoms with Crippen molar-refractivity contribution in [2.24, 2.45) is 0 Å². The molecule has 0 radical (unpaired) electrons. The van der Waals surface area contributed by atoms with E-state index in [1.165, 1.54) is 36.1 Å². The quantitative estimate of drug-likeness (QED) is 0.119. The van der Waals surface area contributed by atoms with Crippen LogP contribution in [0.1, 0.15) is 82.5 Å². The predicted molar refractivity (Wildman–Crippen MR) is 172 cm³/mol. The summed E-state index contributed by atoms with van der Waals surface area (Å²) in [6.45, 7) is 5.58. The lowest BCUT2D eigenvalue weighted by Crippen LogP contribution is -2.33. The third-order valence-electron chi connectivity index (χ3n) is 8.35. The fourth-order valence-electron chi connectivity index (χ4n) is 6.14. The molecule has 0 bridgehead atoms. The Bertz CT molecular complexity index is 1920. The molecular formula is C35H30Cl2N2O8. The second-order valence-electron chi connectivity index (χ2n) is 11.6. The summed E-state index contributed by atoms with van der Waals surface area (Å²) in [4.78, 5) is 64.2. The second-order valence-corrected chi connectivity index (χ2v) is 12.4. The molecular weight excluding hydrogens is 647 g/mol. The van der Waals surface area contributed by atoms with E-state index in [2.05, 4.69) is 5.32 Å². The van der Waals surface area contributed by atoms with E-state index in [1.54, 1.807) is 24.3 Å². The van der Waals surface area contributed by atoms with Gasteiger partial charge in [0.15, 0.2) is 11.4 Å². The van der Waals surface area contributed by atoms with Crippen molar-refractivity contribution in [3.05, 3.63) is 97.5 Å². The number of aryl methyl sites for hydroxylation is 1. The largest absolute Gasteiger partial charge is 0.456 e. The number of hydrogen-bond donors (Lipinski definition) is 1. The highest BCUT2D eigenvalue weighted by Gasteiger charge is 2.54. The molecule has 1 spiro atoms. The number of hydrogen-bond acceptors (Lipinski definition) is 8. The van der Waals surface area contributed by atoms with Gasteiger partial charge in [0.2, 0.25) is 0 Å². The molecule has 1 unspecified atom stereocenters. The van der Waals surface area contributed by atoms with Crippen LogP contribution >= 0.6 is 23.2 Å². The average Bonchev–Trinajstić information content (AvgIpc) is 3.46. The van der Waals surface area contributed by atoms with Gasteiger partial charge < -0.3 is 19.5 Å². The van der Waals surface area contributed by atoms with E-state index in [1.807, 2.05) is 13.8 Å². The Kier molecular flexibility index (Phi) is 8.59. The molecule has 242 valence electrons. The molecule has 3 aromatic carbocycles. The number of nitrogens with zero attached hydrogens (tertiary/aromatic N) is 1. The Balaban J connectivity index is 1.24. The number of ether oxygens (including phenoxy) is 3. The van der Waals surface area contributed by atoms with E-state index < -0.39 is 23.4 Å². The molecule has 47 heavy (non-hydrogen) atoms. The number of halogens is 2. The predicted octanol–water partition coefficient (Wildman–Crippen LogP) is 6.40. The van der Waals surface area contributed by atoms with Crippen LogP contribution in [0.2, 0.25) is 10.0 Å². The summed E-state index contributed by atoms with van der Waals surface area (Å²) in [6.07, 6.45) is 3.80. The summed E-state index contributed by atoms with van der Waals surface area (Å²) in [5.41, 5.74) is 1.47. The van der Waals surface area contributed by atoms with Gasteiger partial charge in [-0.3, -0.25) is 24.1 Å². The highest BCUT2D eigenvalue weighted by Crippen LogP contribution is 2.58. The van der Waals surface area contributed by atoms with E-state index in [0.29, 0.717) is 58.8 Å². The van der Waals surface area contributed by atoms with Crippen molar-refractivity contribution < 1.29 is 38.2 Å². The van der Waals surface area contributed by atoms with Crippen LogP contribution in [0, 0.1) is 6.92 Å². The van der Waals surface area contributed by atoms with Gasteiger partial charge >= 0.3 is 11.9 Å². The van der Waals surface area contributed by atoms with Crippen molar-refractivity contribution >= 4 is 52.9 Å². The van der Waals surface area contributed by atoms with Crippen LogP contribution in [0.15, 0.2) is 54.1 Å². The summed E-state index contributed by atoms with van der Waals surface area (Å²) in [5, 5.41) is 3.36. The Morgan fingerprint density at radius 2 is 1.68 bits per heavy atom. The summed E-state index contributed by atoms with van der Waals surface area (Å²) >= 11 is 13.1. The highest BCUT2D eigenvalue weighted by atomic mass is 35.5. The smallest absolute Gasteiger partial charge is 0.340 e. The lowest BCUT2D eigenvalue weighted by atomic mass is 9.77. The molecule has 6 rings (SSSR count). The zero-order valence-corrected chi connectivity index (χ0v) is 27.3. The normalized spacial score (nSPS) is 17.5. The summed E-state index contributed by atoms with van der Waals surface area (Å²) < 4.78 is 17.7. The monoisotopic (exact) mass is 676 g/mol. The highest BCUT2D eigenvalue weighted by molar-refractivity contribution is 6.32. The lowest BCUT2D eigenvalue weighted by molar-refractivity contribution is -0.137. The molecule has 3 amide bonds. The Morgan fingerprint density at radius 3 is 2.40 bits per heavy atom. The minimum absolute atomic E-state index is 0.0790. The summed E-state index contributed by atoms with van der Waals surface area (Å²) in [6, 6.07) is 11.1. The molecule has 10 nitrogen and oxygen atoms in total. The fourth-order valence-corrected chi connectivity index (χ4v) is 6.50. The third-order valence-corrected chi connectivity index (χ3v) is 9.05. The van der Waals surface area contributed by atoms with Crippen LogP contribution in [0.4, 0.5) is 0 Å². The van der Waals surface area contributed by atoms with Gasteiger partial charge in [0.25, 0.3) is 17.7 Å². The molecule has 12 heteroatoms. The molecule has 0 saturated heterocycles. The number of unbranched alkanes of at least 4 members (excludes halogenated alkanes) is 1. The first-order valence-corrected chi connectivity index (χ1v) is 15.9. The lowest BCUT2D eigenvalue weighted by Gasteiger charge is -2.37. The van der Waals surface area contributed by atoms with E-state index in [4.69, 9.17) is 37.4 Å². The van der Waals surface area contributed by atoms with E-state index in [9.17, 15) is 24.0 Å². The molecule has 3 heterocycles. The molecule has 3 aliphatic rings. The van der Waals surface area contributed by atoms with Crippen LogP contribution in [0.25, 0.3) is 0 Å². The number of imide groups is 1. The van der Waals surface area contributed by atoms with Gasteiger partial charge in [-0.1, -0.05) is 42.6 Å². The maximum Gasteiger partial charge on any atom is 0.340 e. The number of amides is 3. The van der Waals surface area contributed by atoms with Crippen molar-refractivity contribution in [3.63, 3.8) is 0 Å².